The van der Waals surface area contributed by atoms with E-state index in [-0.39, 0.29) is 23.5 Å². The number of piperazine rings is 1. The van der Waals surface area contributed by atoms with Crippen molar-refractivity contribution in [1.82, 2.24) is 20.1 Å². The normalized spacial score (nSPS) is 24.7. The predicted octanol–water partition coefficient (Wildman–Crippen LogP) is 2.78. The lowest BCUT2D eigenvalue weighted by atomic mass is 10.1. The molecule has 5 rings (SSSR count). The van der Waals surface area contributed by atoms with Crippen LogP contribution in [0.3, 0.4) is 0 Å². The molecule has 0 spiro atoms. The van der Waals surface area contributed by atoms with Gasteiger partial charge in [0.05, 0.1) is 11.9 Å². The molecule has 3 fully saturated rings. The van der Waals surface area contributed by atoms with Crippen molar-refractivity contribution in [3.05, 3.63) is 35.8 Å². The number of halogens is 4. The van der Waals surface area contributed by atoms with Crippen molar-refractivity contribution >= 4 is 34.3 Å². The Morgan fingerprint density at radius 2 is 1.94 bits per heavy atom. The molecule has 3 aliphatic heterocycles. The molecule has 1 aromatic heterocycles. The van der Waals surface area contributed by atoms with Crippen molar-refractivity contribution < 1.29 is 22.4 Å². The van der Waals surface area contributed by atoms with Crippen LogP contribution in [0.1, 0.15) is 12.1 Å². The molecule has 6 nitrogen and oxygen atoms in total. The van der Waals surface area contributed by atoms with Gasteiger partial charge in [0.2, 0.25) is 5.91 Å². The Kier molecular flexibility index (Phi) is 6.13. The van der Waals surface area contributed by atoms with Gasteiger partial charge in [0, 0.05) is 62.1 Å². The molecule has 2 aromatic rings. The van der Waals surface area contributed by atoms with Crippen LogP contribution in [0.4, 0.5) is 23.2 Å². The van der Waals surface area contributed by atoms with E-state index in [1.165, 1.54) is 6.07 Å². The third-order valence-electron chi connectivity index (χ3n) is 6.70. The largest absolute Gasteiger partial charge is 0.433 e. The number of hydrogen-bond donors (Lipinski definition) is 1. The molecule has 0 bridgehead atoms. The highest BCUT2D eigenvalue weighted by Gasteiger charge is 2.38. The third-order valence-corrected chi connectivity index (χ3v) is 7.67. The predicted molar refractivity (Wildman–Crippen MR) is 120 cm³/mol. The van der Waals surface area contributed by atoms with Crippen LogP contribution >= 0.6 is 11.8 Å². The van der Waals surface area contributed by atoms with Crippen LogP contribution in [-0.2, 0) is 11.0 Å². The maximum Gasteiger partial charge on any atom is 0.433 e. The molecular formula is C22H25F4N5OS. The summed E-state index contributed by atoms with van der Waals surface area (Å²) in [7, 11) is 0. The van der Waals surface area contributed by atoms with E-state index in [0.29, 0.717) is 37.3 Å². The summed E-state index contributed by atoms with van der Waals surface area (Å²) in [5.74, 6) is 1.13. The molecule has 1 aromatic carbocycles. The molecule has 0 saturated carbocycles. The fraction of sp³-hybridized carbons (Fsp3) is 0.545. The second-order valence-electron chi connectivity index (χ2n) is 8.67. The maximum absolute atomic E-state index is 14.3. The van der Waals surface area contributed by atoms with Gasteiger partial charge < -0.3 is 15.1 Å². The Bertz CT molecular complexity index is 1040. The first kappa shape index (κ1) is 22.7. The highest BCUT2D eigenvalue weighted by atomic mass is 32.2. The van der Waals surface area contributed by atoms with Crippen molar-refractivity contribution in [2.45, 2.75) is 24.7 Å². The summed E-state index contributed by atoms with van der Waals surface area (Å²) in [6.45, 7) is 3.88. The number of nitrogens with zero attached hydrogens (tertiary/aromatic N) is 4. The number of aromatic nitrogens is 1. The first-order valence-corrected chi connectivity index (χ1v) is 12.2. The molecule has 0 unspecified atom stereocenters. The number of hydrogen-bond acceptors (Lipinski definition) is 6. The van der Waals surface area contributed by atoms with E-state index in [9.17, 15) is 22.4 Å². The lowest BCUT2D eigenvalue weighted by Crippen LogP contribution is -2.51. The summed E-state index contributed by atoms with van der Waals surface area (Å²) < 4.78 is 54.6. The summed E-state index contributed by atoms with van der Waals surface area (Å²) in [6, 6.07) is 5.30. The van der Waals surface area contributed by atoms with Crippen LogP contribution in [0.25, 0.3) is 10.9 Å². The van der Waals surface area contributed by atoms with E-state index in [4.69, 9.17) is 0 Å². The summed E-state index contributed by atoms with van der Waals surface area (Å²) in [4.78, 5) is 22.3. The topological polar surface area (TPSA) is 51.7 Å². The molecule has 178 valence electrons. The number of para-hydroxylation sites is 1. The lowest BCUT2D eigenvalue weighted by molar-refractivity contribution is -0.141. The standard InChI is InChI=1S/C22H25F4N5OS/c23-16-3-1-2-15-18(11-19(22(24,25)26)28-20(15)16)30-6-4-29(5-7-30)14-10-17(27-12-14)21(32)31-8-9-33-13-31/h1-3,11,14,17,27H,4-10,12-13H2/t14-,17-/m0/s1. The average Bonchev–Trinajstić information content (AvgIpc) is 3.51. The van der Waals surface area contributed by atoms with Crippen LogP contribution in [0.2, 0.25) is 0 Å². The number of pyridine rings is 1. The van der Waals surface area contributed by atoms with E-state index in [1.807, 2.05) is 9.80 Å². The zero-order valence-corrected chi connectivity index (χ0v) is 18.8. The van der Waals surface area contributed by atoms with Crippen LogP contribution in [0, 0.1) is 5.82 Å². The molecule has 11 heteroatoms. The quantitative estimate of drug-likeness (QED) is 0.678. The first-order valence-electron chi connectivity index (χ1n) is 11.1. The Labute approximate surface area is 193 Å². The van der Waals surface area contributed by atoms with Gasteiger partial charge >= 0.3 is 6.18 Å². The average molecular weight is 484 g/mol. The summed E-state index contributed by atoms with van der Waals surface area (Å²) in [5, 5.41) is 3.73. The number of anilines is 1. The van der Waals surface area contributed by atoms with Crippen molar-refractivity contribution in [2.24, 2.45) is 0 Å². The highest BCUT2D eigenvalue weighted by Crippen LogP contribution is 2.36. The smallest absolute Gasteiger partial charge is 0.368 e. The van der Waals surface area contributed by atoms with Crippen LogP contribution in [0.5, 0.6) is 0 Å². The SMILES string of the molecule is O=C([C@@H]1C[C@H](N2CCN(c3cc(C(F)(F)F)nc4c(F)cccc34)CC2)CN1)N1CCSC1. The molecule has 3 saturated heterocycles. The second-order valence-corrected chi connectivity index (χ2v) is 9.75. The number of carbonyl (C=O) groups is 1. The summed E-state index contributed by atoms with van der Waals surface area (Å²) in [5.41, 5.74) is -0.985. The Morgan fingerprint density at radius 1 is 1.15 bits per heavy atom. The monoisotopic (exact) mass is 483 g/mol. The highest BCUT2D eigenvalue weighted by molar-refractivity contribution is 7.99. The van der Waals surface area contributed by atoms with Gasteiger partial charge in [-0.2, -0.15) is 13.2 Å². The van der Waals surface area contributed by atoms with Crippen molar-refractivity contribution in [1.29, 1.82) is 0 Å². The number of carbonyl (C=O) groups excluding carboxylic acids is 1. The minimum atomic E-state index is -4.65. The number of amides is 1. The number of alkyl halides is 3. The van der Waals surface area contributed by atoms with Gasteiger partial charge in [0.1, 0.15) is 17.0 Å². The van der Waals surface area contributed by atoms with Gasteiger partial charge in [-0.15, -0.1) is 11.8 Å². The minimum Gasteiger partial charge on any atom is -0.368 e. The third kappa shape index (κ3) is 4.50. The molecule has 3 aliphatic rings. The Balaban J connectivity index is 1.29. The molecule has 4 heterocycles. The minimum absolute atomic E-state index is 0.158. The zero-order valence-electron chi connectivity index (χ0n) is 17.9. The molecule has 33 heavy (non-hydrogen) atoms. The second kappa shape index (κ2) is 8.92. The molecule has 2 atom stereocenters. The van der Waals surface area contributed by atoms with E-state index in [1.54, 1.807) is 17.8 Å². The van der Waals surface area contributed by atoms with Gasteiger partial charge in [0.15, 0.2) is 0 Å². The van der Waals surface area contributed by atoms with Gasteiger partial charge in [-0.25, -0.2) is 9.37 Å². The van der Waals surface area contributed by atoms with E-state index >= 15 is 0 Å². The summed E-state index contributed by atoms with van der Waals surface area (Å²) in [6.07, 6.45) is -3.92. The summed E-state index contributed by atoms with van der Waals surface area (Å²) >= 11 is 1.76. The van der Waals surface area contributed by atoms with Crippen molar-refractivity contribution in [2.75, 3.05) is 55.8 Å². The van der Waals surface area contributed by atoms with Crippen molar-refractivity contribution in [3.8, 4) is 0 Å². The molecular weight excluding hydrogens is 458 g/mol. The van der Waals surface area contributed by atoms with Gasteiger partial charge in [-0.1, -0.05) is 12.1 Å². The van der Waals surface area contributed by atoms with E-state index in [2.05, 4.69) is 15.2 Å². The first-order chi connectivity index (χ1) is 15.8. The number of benzene rings is 1. The maximum atomic E-state index is 14.3. The number of nitrogens with one attached hydrogen (secondary N) is 1. The zero-order chi connectivity index (χ0) is 23.2. The molecule has 0 radical (unpaired) electrons. The molecule has 1 N–H and O–H groups in total. The fourth-order valence-corrected chi connectivity index (χ4v) is 5.88. The van der Waals surface area contributed by atoms with Crippen LogP contribution < -0.4 is 10.2 Å². The molecule has 0 aliphatic carbocycles. The number of rotatable bonds is 3. The van der Waals surface area contributed by atoms with E-state index < -0.39 is 17.7 Å². The van der Waals surface area contributed by atoms with Crippen LogP contribution in [-0.4, -0.2) is 83.7 Å². The van der Waals surface area contributed by atoms with Gasteiger partial charge in [0.25, 0.3) is 0 Å². The van der Waals surface area contributed by atoms with Crippen LogP contribution in [0.15, 0.2) is 24.3 Å². The van der Waals surface area contributed by atoms with Crippen molar-refractivity contribution in [3.63, 3.8) is 0 Å². The van der Waals surface area contributed by atoms with Gasteiger partial charge in [-0.05, 0) is 18.6 Å². The fourth-order valence-electron chi connectivity index (χ4n) is 4.92. The lowest BCUT2D eigenvalue weighted by Gasteiger charge is -2.39. The Hall–Kier alpha value is -2.11. The Morgan fingerprint density at radius 3 is 2.64 bits per heavy atom. The molecule has 1 amide bonds. The number of fused-ring (bicyclic) bond motifs is 1. The van der Waals surface area contributed by atoms with E-state index in [0.717, 1.165) is 43.3 Å². The number of thioether (sulfide) groups is 1. The van der Waals surface area contributed by atoms with Gasteiger partial charge in [-0.3, -0.25) is 9.69 Å².